The van der Waals surface area contributed by atoms with Crippen molar-refractivity contribution < 1.29 is 14.6 Å². The molecule has 21 heavy (non-hydrogen) atoms. The average molecular weight is 289 g/mol. The number of hydrogen-bond acceptors (Lipinski definition) is 3. The number of hydrogen-bond donors (Lipinski definition) is 1. The maximum absolute atomic E-state index is 10.5. The fourth-order valence-corrected chi connectivity index (χ4v) is 2.54. The molecule has 114 valence electrons. The lowest BCUT2D eigenvalue weighted by Crippen LogP contribution is -2.37. The Morgan fingerprint density at radius 3 is 2.62 bits per heavy atom. The first kappa shape index (κ1) is 15.6. The Labute approximate surface area is 126 Å². The molecule has 0 aromatic heterocycles. The van der Waals surface area contributed by atoms with Crippen molar-refractivity contribution in [1.29, 1.82) is 0 Å². The van der Waals surface area contributed by atoms with Crippen LogP contribution < -0.4 is 4.90 Å². The summed E-state index contributed by atoms with van der Waals surface area (Å²) in [6.07, 6.45) is 5.38. The molecule has 1 saturated carbocycles. The summed E-state index contributed by atoms with van der Waals surface area (Å²) in [5.41, 5.74) is 2.06. The van der Waals surface area contributed by atoms with E-state index in [1.54, 1.807) is 13.2 Å². The van der Waals surface area contributed by atoms with Crippen LogP contribution >= 0.6 is 0 Å². The molecule has 4 nitrogen and oxygen atoms in total. The molecule has 1 atom stereocenters. The molecule has 0 aliphatic heterocycles. The molecule has 0 heterocycles. The maximum Gasteiger partial charge on any atom is 0.328 e. The Hall–Kier alpha value is -1.81. The third-order valence-corrected chi connectivity index (χ3v) is 3.98. The molecule has 2 rings (SSSR count). The molecule has 0 radical (unpaired) electrons. The molecule has 1 aromatic carbocycles. The van der Waals surface area contributed by atoms with Crippen LogP contribution in [0, 0.1) is 5.92 Å². The van der Waals surface area contributed by atoms with Gasteiger partial charge in [0, 0.05) is 31.5 Å². The summed E-state index contributed by atoms with van der Waals surface area (Å²) < 4.78 is 5.21. The van der Waals surface area contributed by atoms with Gasteiger partial charge in [-0.3, -0.25) is 0 Å². The molecule has 1 aliphatic rings. The number of benzene rings is 1. The first-order valence-corrected chi connectivity index (χ1v) is 7.38. The normalized spacial score (nSPS) is 16.1. The van der Waals surface area contributed by atoms with Gasteiger partial charge in [0.05, 0.1) is 6.61 Å². The van der Waals surface area contributed by atoms with E-state index in [9.17, 15) is 4.79 Å². The standard InChI is InChI=1S/C17H23NO3/c1-13(15-6-7-15)18(11-12-21-2)16-8-3-14(4-9-16)5-10-17(19)20/h3-5,8-10,13,15H,6-7,11-12H2,1-2H3,(H,19,20). The number of rotatable bonds is 8. The van der Waals surface area contributed by atoms with Crippen LogP contribution in [0.25, 0.3) is 6.08 Å². The number of nitrogens with zero attached hydrogens (tertiary/aromatic N) is 1. The molecule has 1 N–H and O–H groups in total. The highest BCUT2D eigenvalue weighted by Crippen LogP contribution is 2.36. The van der Waals surface area contributed by atoms with Gasteiger partial charge in [-0.25, -0.2) is 4.79 Å². The smallest absolute Gasteiger partial charge is 0.328 e. The summed E-state index contributed by atoms with van der Waals surface area (Å²) in [4.78, 5) is 12.9. The predicted octanol–water partition coefficient (Wildman–Crippen LogP) is 3.04. The fraction of sp³-hybridized carbons (Fsp3) is 0.471. The number of aliphatic carboxylic acids is 1. The first-order valence-electron chi connectivity index (χ1n) is 7.38. The fourth-order valence-electron chi connectivity index (χ4n) is 2.54. The zero-order chi connectivity index (χ0) is 15.2. The van der Waals surface area contributed by atoms with Gasteiger partial charge in [-0.2, -0.15) is 0 Å². The summed E-state index contributed by atoms with van der Waals surface area (Å²) in [6, 6.07) is 8.52. The van der Waals surface area contributed by atoms with Crippen LogP contribution in [0.1, 0.15) is 25.3 Å². The van der Waals surface area contributed by atoms with Gasteiger partial charge in [-0.15, -0.1) is 0 Å². The maximum atomic E-state index is 10.5. The van der Waals surface area contributed by atoms with Crippen LogP contribution in [0.3, 0.4) is 0 Å². The molecular weight excluding hydrogens is 266 g/mol. The second-order valence-electron chi connectivity index (χ2n) is 5.53. The second-order valence-corrected chi connectivity index (χ2v) is 5.53. The quantitative estimate of drug-likeness (QED) is 0.747. The Bertz CT molecular complexity index is 491. The molecule has 0 spiro atoms. The predicted molar refractivity (Wildman–Crippen MR) is 84.5 cm³/mol. The highest BCUT2D eigenvalue weighted by molar-refractivity contribution is 5.85. The minimum Gasteiger partial charge on any atom is -0.478 e. The van der Waals surface area contributed by atoms with E-state index in [4.69, 9.17) is 9.84 Å². The van der Waals surface area contributed by atoms with Crippen molar-refractivity contribution in [2.75, 3.05) is 25.2 Å². The lowest BCUT2D eigenvalue weighted by atomic mass is 10.1. The van der Waals surface area contributed by atoms with E-state index in [1.165, 1.54) is 18.5 Å². The third-order valence-electron chi connectivity index (χ3n) is 3.98. The van der Waals surface area contributed by atoms with Gasteiger partial charge in [0.15, 0.2) is 0 Å². The van der Waals surface area contributed by atoms with Crippen molar-refractivity contribution in [3.63, 3.8) is 0 Å². The van der Waals surface area contributed by atoms with Crippen LogP contribution in [0.15, 0.2) is 30.3 Å². The number of anilines is 1. The minimum atomic E-state index is -0.928. The van der Waals surface area contributed by atoms with Crippen molar-refractivity contribution >= 4 is 17.7 Å². The lowest BCUT2D eigenvalue weighted by molar-refractivity contribution is -0.131. The molecule has 1 unspecified atom stereocenters. The largest absolute Gasteiger partial charge is 0.478 e. The van der Waals surface area contributed by atoms with Crippen LogP contribution in [0.2, 0.25) is 0 Å². The molecule has 1 aliphatic carbocycles. The van der Waals surface area contributed by atoms with E-state index >= 15 is 0 Å². The van der Waals surface area contributed by atoms with Crippen LogP contribution in [-0.2, 0) is 9.53 Å². The van der Waals surface area contributed by atoms with Gasteiger partial charge in [-0.1, -0.05) is 12.1 Å². The van der Waals surface area contributed by atoms with Crippen molar-refractivity contribution in [3.05, 3.63) is 35.9 Å². The molecule has 0 bridgehead atoms. The lowest BCUT2D eigenvalue weighted by Gasteiger charge is -2.31. The molecule has 0 saturated heterocycles. The Balaban J connectivity index is 2.09. The van der Waals surface area contributed by atoms with E-state index < -0.39 is 5.97 Å². The van der Waals surface area contributed by atoms with Crippen molar-refractivity contribution in [1.82, 2.24) is 0 Å². The second kappa shape index (κ2) is 7.27. The van der Waals surface area contributed by atoms with Gasteiger partial charge in [0.1, 0.15) is 0 Å². The van der Waals surface area contributed by atoms with Crippen molar-refractivity contribution in [2.45, 2.75) is 25.8 Å². The van der Waals surface area contributed by atoms with Gasteiger partial charge >= 0.3 is 5.97 Å². The zero-order valence-electron chi connectivity index (χ0n) is 12.7. The Morgan fingerprint density at radius 1 is 1.43 bits per heavy atom. The van der Waals surface area contributed by atoms with E-state index in [1.807, 2.05) is 12.1 Å². The SMILES string of the molecule is COCCN(c1ccc(C=CC(=O)O)cc1)C(C)C1CC1. The highest BCUT2D eigenvalue weighted by Gasteiger charge is 2.31. The summed E-state index contributed by atoms with van der Waals surface area (Å²) >= 11 is 0. The highest BCUT2D eigenvalue weighted by atomic mass is 16.5. The van der Waals surface area contributed by atoms with Gasteiger partial charge in [0.25, 0.3) is 0 Å². The minimum absolute atomic E-state index is 0.514. The molecule has 4 heteroatoms. The number of ether oxygens (including phenoxy) is 1. The van der Waals surface area contributed by atoms with Crippen molar-refractivity contribution in [3.8, 4) is 0 Å². The summed E-state index contributed by atoms with van der Waals surface area (Å²) in [6.45, 7) is 3.85. The zero-order valence-corrected chi connectivity index (χ0v) is 12.7. The number of carboxylic acid groups (broad SMARTS) is 1. The Kier molecular flexibility index (Phi) is 5.39. The monoisotopic (exact) mass is 289 g/mol. The van der Waals surface area contributed by atoms with Crippen molar-refractivity contribution in [2.24, 2.45) is 5.92 Å². The van der Waals surface area contributed by atoms with Gasteiger partial charge < -0.3 is 14.7 Å². The summed E-state index contributed by atoms with van der Waals surface area (Å²) in [5.74, 6) is -0.142. The molecule has 1 aromatic rings. The first-order chi connectivity index (χ1) is 10.1. The van der Waals surface area contributed by atoms with E-state index in [-0.39, 0.29) is 0 Å². The molecule has 0 amide bonds. The molecular formula is C17H23NO3. The average Bonchev–Trinajstić information content (AvgIpc) is 3.31. The van der Waals surface area contributed by atoms with Gasteiger partial charge in [0.2, 0.25) is 0 Å². The van der Waals surface area contributed by atoms with E-state index in [0.717, 1.165) is 24.1 Å². The van der Waals surface area contributed by atoms with Crippen LogP contribution in [-0.4, -0.2) is 37.4 Å². The number of carboxylic acids is 1. The number of carbonyl (C=O) groups is 1. The molecule has 1 fully saturated rings. The van der Waals surface area contributed by atoms with E-state index in [2.05, 4.69) is 24.0 Å². The van der Waals surface area contributed by atoms with Crippen LogP contribution in [0.5, 0.6) is 0 Å². The van der Waals surface area contributed by atoms with Crippen LogP contribution in [0.4, 0.5) is 5.69 Å². The topological polar surface area (TPSA) is 49.8 Å². The Morgan fingerprint density at radius 2 is 2.10 bits per heavy atom. The summed E-state index contributed by atoms with van der Waals surface area (Å²) in [5, 5.41) is 8.65. The number of methoxy groups -OCH3 is 1. The van der Waals surface area contributed by atoms with E-state index in [0.29, 0.717) is 12.6 Å². The van der Waals surface area contributed by atoms with Gasteiger partial charge in [-0.05, 0) is 49.5 Å². The summed E-state index contributed by atoms with van der Waals surface area (Å²) in [7, 11) is 1.72. The third kappa shape index (κ3) is 4.60.